The molecule has 6 heteroatoms. The summed E-state index contributed by atoms with van der Waals surface area (Å²) in [5, 5.41) is 41.4. The van der Waals surface area contributed by atoms with Crippen molar-refractivity contribution in [2.75, 3.05) is 6.61 Å². The molecule has 0 saturated heterocycles. The lowest BCUT2D eigenvalue weighted by Crippen LogP contribution is -2.54. The van der Waals surface area contributed by atoms with E-state index in [1.54, 1.807) is 6.92 Å². The van der Waals surface area contributed by atoms with Gasteiger partial charge in [0.1, 0.15) is 5.75 Å². The minimum Gasteiger partial charge on any atom is -0.507 e. The van der Waals surface area contributed by atoms with Gasteiger partial charge in [-0.1, -0.05) is 34.1 Å². The maximum Gasteiger partial charge on any atom is 0.233 e. The van der Waals surface area contributed by atoms with Crippen LogP contribution in [0.25, 0.3) is 0 Å². The van der Waals surface area contributed by atoms with Gasteiger partial charge in [0, 0.05) is 35.0 Å². The molecule has 2 aliphatic carbocycles. The Kier molecular flexibility index (Phi) is 4.11. The Labute approximate surface area is 152 Å². The van der Waals surface area contributed by atoms with Crippen LogP contribution in [-0.2, 0) is 10.2 Å². The molecule has 0 unspecified atom stereocenters. The summed E-state index contributed by atoms with van der Waals surface area (Å²) >= 11 is 0. The number of phenols is 3. The van der Waals surface area contributed by atoms with E-state index in [2.05, 4.69) is 0 Å². The third-order valence-corrected chi connectivity index (χ3v) is 6.44. The van der Waals surface area contributed by atoms with Crippen LogP contribution < -0.4 is 0 Å². The van der Waals surface area contributed by atoms with Crippen LogP contribution in [0.4, 0.5) is 0 Å². The van der Waals surface area contributed by atoms with Gasteiger partial charge in [0.2, 0.25) is 11.6 Å². The Morgan fingerprint density at radius 1 is 1.04 bits per heavy atom. The molecule has 6 nitrogen and oxygen atoms in total. The van der Waals surface area contributed by atoms with E-state index in [0.29, 0.717) is 6.42 Å². The lowest BCUT2D eigenvalue weighted by molar-refractivity contribution is -0.128. The van der Waals surface area contributed by atoms with Gasteiger partial charge in [-0.3, -0.25) is 9.59 Å². The average Bonchev–Trinajstić information content (AvgIpc) is 2.55. The molecule has 1 saturated carbocycles. The van der Waals surface area contributed by atoms with Gasteiger partial charge in [0.25, 0.3) is 0 Å². The molecule has 1 fully saturated rings. The topological polar surface area (TPSA) is 115 Å². The van der Waals surface area contributed by atoms with Crippen molar-refractivity contribution in [3.63, 3.8) is 0 Å². The summed E-state index contributed by atoms with van der Waals surface area (Å²) in [5.41, 5.74) is -1.48. The van der Waals surface area contributed by atoms with Crippen LogP contribution >= 0.6 is 0 Å². The molecule has 0 aromatic heterocycles. The smallest absolute Gasteiger partial charge is 0.233 e. The molecule has 0 bridgehead atoms. The first-order valence-corrected chi connectivity index (χ1v) is 8.99. The number of hydrogen-bond acceptors (Lipinski definition) is 6. The van der Waals surface area contributed by atoms with Crippen LogP contribution in [0.2, 0.25) is 0 Å². The molecule has 0 radical (unpaired) electrons. The first kappa shape index (κ1) is 18.7. The highest BCUT2D eigenvalue weighted by Crippen LogP contribution is 2.61. The van der Waals surface area contributed by atoms with Crippen molar-refractivity contribution in [3.05, 3.63) is 16.7 Å². The van der Waals surface area contributed by atoms with E-state index in [0.717, 1.165) is 12.8 Å². The molecule has 0 heterocycles. The van der Waals surface area contributed by atoms with E-state index in [4.69, 9.17) is 0 Å². The number of hydrogen-bond donors (Lipinski definition) is 4. The zero-order valence-corrected chi connectivity index (χ0v) is 15.6. The molecule has 142 valence electrons. The van der Waals surface area contributed by atoms with Crippen LogP contribution in [0.3, 0.4) is 0 Å². The summed E-state index contributed by atoms with van der Waals surface area (Å²) in [7, 11) is 0. The zero-order valence-electron chi connectivity index (χ0n) is 15.6. The van der Waals surface area contributed by atoms with E-state index in [-0.39, 0.29) is 16.7 Å². The minimum absolute atomic E-state index is 0.109. The van der Waals surface area contributed by atoms with Gasteiger partial charge in [-0.2, -0.15) is 0 Å². The number of aromatic hydroxyl groups is 3. The molecule has 26 heavy (non-hydrogen) atoms. The van der Waals surface area contributed by atoms with Gasteiger partial charge < -0.3 is 20.4 Å². The van der Waals surface area contributed by atoms with Gasteiger partial charge in [-0.05, 0) is 18.3 Å². The van der Waals surface area contributed by atoms with Gasteiger partial charge in [-0.25, -0.2) is 0 Å². The quantitative estimate of drug-likeness (QED) is 0.365. The third-order valence-electron chi connectivity index (χ3n) is 6.44. The molecule has 0 amide bonds. The van der Waals surface area contributed by atoms with E-state index in [1.807, 2.05) is 20.8 Å². The third kappa shape index (κ3) is 2.21. The summed E-state index contributed by atoms with van der Waals surface area (Å²) in [6.07, 6.45) is 2.14. The van der Waals surface area contributed by atoms with E-state index >= 15 is 0 Å². The molecule has 1 aromatic carbocycles. The number of fused-ring (bicyclic) bond motifs is 3. The van der Waals surface area contributed by atoms with Crippen molar-refractivity contribution in [1.29, 1.82) is 0 Å². The predicted octanol–water partition coefficient (Wildman–Crippen LogP) is 2.75. The fourth-order valence-corrected chi connectivity index (χ4v) is 5.29. The monoisotopic (exact) mass is 362 g/mol. The maximum atomic E-state index is 13.0. The van der Waals surface area contributed by atoms with Crippen molar-refractivity contribution < 1.29 is 30.0 Å². The van der Waals surface area contributed by atoms with Crippen LogP contribution in [-0.4, -0.2) is 38.6 Å². The lowest BCUT2D eigenvalue weighted by atomic mass is 9.49. The maximum absolute atomic E-state index is 13.0. The molecule has 4 N–H and O–H groups in total. The highest BCUT2D eigenvalue weighted by atomic mass is 16.3. The Hall–Kier alpha value is -2.08. The number of ketones is 2. The number of benzene rings is 1. The first-order valence-electron chi connectivity index (χ1n) is 8.99. The van der Waals surface area contributed by atoms with Crippen LogP contribution in [0.1, 0.15) is 74.4 Å². The van der Waals surface area contributed by atoms with Crippen molar-refractivity contribution in [3.8, 4) is 17.2 Å². The van der Waals surface area contributed by atoms with Crippen molar-refractivity contribution in [2.24, 2.45) is 11.3 Å². The number of phenolic OH excluding ortho intramolecular Hbond substituents is 3. The number of carbonyl (C=O) groups is 2. The Bertz CT molecular complexity index is 809. The SMILES string of the molecule is C[C@@H](CO)c1c(O)c(O)c2c(c1O)C(=O)C(=O)[C@@H]1C(C)(C)CCC[C@]21C. The fraction of sp³-hybridized carbons (Fsp3) is 0.600. The fourth-order valence-electron chi connectivity index (χ4n) is 5.29. The minimum atomic E-state index is -0.859. The van der Waals surface area contributed by atoms with Gasteiger partial charge in [0.15, 0.2) is 11.5 Å². The predicted molar refractivity (Wildman–Crippen MR) is 94.7 cm³/mol. The standard InChI is InChI=1S/C20H26O6/c1-9(8-21)10-13(22)11-12(16(25)14(10)23)20(4)7-5-6-19(2,3)18(20)17(26)15(11)24/h9,18,21-23,25H,5-8H2,1-4H3/t9-,18+,20+/m0/s1. The summed E-state index contributed by atoms with van der Waals surface area (Å²) in [6, 6.07) is 0. The zero-order chi connectivity index (χ0) is 19.6. The average molecular weight is 362 g/mol. The Morgan fingerprint density at radius 2 is 1.65 bits per heavy atom. The van der Waals surface area contributed by atoms with E-state index < -0.39 is 58.1 Å². The second-order valence-corrected chi connectivity index (χ2v) is 8.68. The largest absolute Gasteiger partial charge is 0.507 e. The highest BCUT2D eigenvalue weighted by molar-refractivity contribution is 6.47. The van der Waals surface area contributed by atoms with Crippen LogP contribution in [0.5, 0.6) is 17.2 Å². The first-order chi connectivity index (χ1) is 12.0. The molecule has 3 rings (SSSR count). The van der Waals surface area contributed by atoms with Gasteiger partial charge in [0.05, 0.1) is 5.56 Å². The highest BCUT2D eigenvalue weighted by Gasteiger charge is 2.59. The normalized spacial score (nSPS) is 28.4. The molecular formula is C20H26O6. The lowest BCUT2D eigenvalue weighted by Gasteiger charge is -2.52. The Balaban J connectivity index is 2.40. The molecule has 3 atom stereocenters. The second-order valence-electron chi connectivity index (χ2n) is 8.68. The molecule has 1 aromatic rings. The number of rotatable bonds is 2. The van der Waals surface area contributed by atoms with Crippen molar-refractivity contribution in [1.82, 2.24) is 0 Å². The van der Waals surface area contributed by atoms with Gasteiger partial charge in [-0.15, -0.1) is 0 Å². The van der Waals surface area contributed by atoms with Crippen LogP contribution in [0.15, 0.2) is 0 Å². The number of carbonyl (C=O) groups excluding carboxylic acids is 2. The summed E-state index contributed by atoms with van der Waals surface area (Å²) in [6.45, 7) is 6.84. The summed E-state index contributed by atoms with van der Waals surface area (Å²) < 4.78 is 0. The molecule has 0 aliphatic heterocycles. The number of aliphatic hydroxyl groups is 1. The molecular weight excluding hydrogens is 336 g/mol. The van der Waals surface area contributed by atoms with E-state index in [9.17, 15) is 30.0 Å². The van der Waals surface area contributed by atoms with Crippen LogP contribution in [0, 0.1) is 11.3 Å². The summed E-state index contributed by atoms with van der Waals surface area (Å²) in [5.74, 6) is -4.26. The van der Waals surface area contributed by atoms with Crippen molar-refractivity contribution >= 4 is 11.6 Å². The Morgan fingerprint density at radius 3 is 2.23 bits per heavy atom. The number of aliphatic hydroxyl groups excluding tert-OH is 1. The van der Waals surface area contributed by atoms with Gasteiger partial charge >= 0.3 is 0 Å². The molecule has 0 spiro atoms. The summed E-state index contributed by atoms with van der Waals surface area (Å²) in [4.78, 5) is 25.9. The van der Waals surface area contributed by atoms with E-state index in [1.165, 1.54) is 0 Å². The van der Waals surface area contributed by atoms with Crippen molar-refractivity contribution in [2.45, 2.75) is 58.3 Å². The second kappa shape index (κ2) is 5.71. The molecule has 2 aliphatic rings. The number of Topliss-reactive ketones (excluding diaryl/α,β-unsaturated/α-hetero) is 2.